The second-order valence-electron chi connectivity index (χ2n) is 4.31. The van der Waals surface area contributed by atoms with Crippen LogP contribution in [0.5, 0.6) is 0 Å². The molecule has 0 atom stereocenters. The van der Waals surface area contributed by atoms with Gasteiger partial charge in [0.25, 0.3) is 0 Å². The molecule has 0 aliphatic carbocycles. The van der Waals surface area contributed by atoms with Crippen LogP contribution in [0, 0.1) is 0 Å². The molecular formula is C15H9Cl2N3O. The minimum Gasteiger partial charge on any atom is -0.298 e. The van der Waals surface area contributed by atoms with Gasteiger partial charge in [0.05, 0.1) is 10.6 Å². The van der Waals surface area contributed by atoms with Gasteiger partial charge >= 0.3 is 0 Å². The molecule has 4 nitrogen and oxygen atoms in total. The molecule has 3 rings (SSSR count). The Morgan fingerprint density at radius 1 is 1.14 bits per heavy atom. The molecule has 6 heteroatoms. The summed E-state index contributed by atoms with van der Waals surface area (Å²) < 4.78 is 1.54. The fraction of sp³-hybridized carbons (Fsp3) is 0. The molecule has 1 aromatic carbocycles. The van der Waals surface area contributed by atoms with E-state index in [4.69, 9.17) is 23.2 Å². The molecule has 2 aromatic heterocycles. The van der Waals surface area contributed by atoms with Crippen molar-refractivity contribution < 1.29 is 4.79 Å². The molecule has 0 bridgehead atoms. The first-order chi connectivity index (χ1) is 10.2. The molecule has 0 saturated heterocycles. The third-order valence-electron chi connectivity index (χ3n) is 2.94. The molecule has 2 heterocycles. The molecule has 0 amide bonds. The summed E-state index contributed by atoms with van der Waals surface area (Å²) >= 11 is 12.2. The predicted molar refractivity (Wildman–Crippen MR) is 82.2 cm³/mol. The minimum atomic E-state index is 0.421. The van der Waals surface area contributed by atoms with Crippen molar-refractivity contribution in [2.75, 3.05) is 0 Å². The van der Waals surface area contributed by atoms with Crippen molar-refractivity contribution in [2.45, 2.75) is 0 Å². The highest BCUT2D eigenvalue weighted by Gasteiger charge is 2.15. The lowest BCUT2D eigenvalue weighted by Crippen LogP contribution is -1.97. The van der Waals surface area contributed by atoms with Crippen LogP contribution in [-0.2, 0) is 0 Å². The fourth-order valence-electron chi connectivity index (χ4n) is 1.97. The van der Waals surface area contributed by atoms with Crippen molar-refractivity contribution in [3.05, 3.63) is 64.4 Å². The number of hydrogen-bond acceptors (Lipinski definition) is 3. The molecule has 3 aromatic rings. The number of carbonyl (C=O) groups excluding carboxylic acids is 1. The highest BCUT2D eigenvalue weighted by molar-refractivity contribution is 6.35. The van der Waals surface area contributed by atoms with Gasteiger partial charge in [0.2, 0.25) is 0 Å². The smallest absolute Gasteiger partial charge is 0.153 e. The zero-order chi connectivity index (χ0) is 14.8. The van der Waals surface area contributed by atoms with E-state index < -0.39 is 0 Å². The van der Waals surface area contributed by atoms with Crippen molar-refractivity contribution in [3.8, 4) is 17.1 Å². The summed E-state index contributed by atoms with van der Waals surface area (Å²) in [4.78, 5) is 15.5. The highest BCUT2D eigenvalue weighted by Crippen LogP contribution is 2.31. The van der Waals surface area contributed by atoms with Crippen molar-refractivity contribution in [2.24, 2.45) is 0 Å². The van der Waals surface area contributed by atoms with E-state index in [1.807, 2.05) is 12.1 Å². The normalized spacial score (nSPS) is 10.6. The second-order valence-corrected chi connectivity index (χ2v) is 5.15. The number of aldehydes is 1. The molecule has 0 radical (unpaired) electrons. The Bertz CT molecular complexity index is 800. The van der Waals surface area contributed by atoms with E-state index in [0.717, 1.165) is 6.29 Å². The number of hydrogen-bond donors (Lipinski definition) is 0. The Morgan fingerprint density at radius 2 is 2.00 bits per heavy atom. The van der Waals surface area contributed by atoms with Gasteiger partial charge in [-0.1, -0.05) is 29.3 Å². The molecule has 0 unspecified atom stereocenters. The first kappa shape index (κ1) is 13.8. The van der Waals surface area contributed by atoms with Crippen molar-refractivity contribution in [3.63, 3.8) is 0 Å². The van der Waals surface area contributed by atoms with Crippen LogP contribution in [-0.4, -0.2) is 21.1 Å². The second kappa shape index (κ2) is 5.68. The number of rotatable bonds is 3. The summed E-state index contributed by atoms with van der Waals surface area (Å²) in [5.74, 6) is 0.616. The summed E-state index contributed by atoms with van der Waals surface area (Å²) in [6.07, 6.45) is 4.00. The predicted octanol–water partition coefficient (Wildman–Crippen LogP) is 4.05. The SMILES string of the molecule is O=Cc1cn(-c2ccccn2)nc1-c1cc(Cl)ccc1Cl. The van der Waals surface area contributed by atoms with E-state index >= 15 is 0 Å². The summed E-state index contributed by atoms with van der Waals surface area (Å²) in [5.41, 5.74) is 1.51. The van der Waals surface area contributed by atoms with Gasteiger partial charge in [0.1, 0.15) is 5.69 Å². The molecular weight excluding hydrogens is 309 g/mol. The zero-order valence-electron chi connectivity index (χ0n) is 10.7. The van der Waals surface area contributed by atoms with Crippen LogP contribution in [0.3, 0.4) is 0 Å². The van der Waals surface area contributed by atoms with Crippen LogP contribution in [0.4, 0.5) is 0 Å². The maximum absolute atomic E-state index is 11.3. The standard InChI is InChI=1S/C15H9Cl2N3O/c16-11-4-5-13(17)12(7-11)15-10(9-21)8-20(19-15)14-3-1-2-6-18-14/h1-9H. The lowest BCUT2D eigenvalue weighted by atomic mass is 10.1. The van der Waals surface area contributed by atoms with Gasteiger partial charge in [-0.2, -0.15) is 5.10 Å². The van der Waals surface area contributed by atoms with Crippen LogP contribution in [0.2, 0.25) is 10.0 Å². The summed E-state index contributed by atoms with van der Waals surface area (Å²) in [5, 5.41) is 5.41. The Kier molecular flexibility index (Phi) is 3.73. The van der Waals surface area contributed by atoms with E-state index in [0.29, 0.717) is 32.7 Å². The summed E-state index contributed by atoms with van der Waals surface area (Å²) in [7, 11) is 0. The Labute approximate surface area is 131 Å². The van der Waals surface area contributed by atoms with Crippen LogP contribution in [0.25, 0.3) is 17.1 Å². The number of pyridine rings is 1. The Morgan fingerprint density at radius 3 is 2.71 bits per heavy atom. The Balaban J connectivity index is 2.17. The molecule has 0 N–H and O–H groups in total. The van der Waals surface area contributed by atoms with Crippen LogP contribution < -0.4 is 0 Å². The first-order valence-corrected chi connectivity index (χ1v) is 6.86. The average molecular weight is 318 g/mol. The van der Waals surface area contributed by atoms with E-state index in [2.05, 4.69) is 10.1 Å². The van der Waals surface area contributed by atoms with Gasteiger partial charge in [-0.05, 0) is 30.3 Å². The quantitative estimate of drug-likeness (QED) is 0.684. The molecule has 21 heavy (non-hydrogen) atoms. The maximum atomic E-state index is 11.3. The van der Waals surface area contributed by atoms with Gasteiger partial charge in [-0.15, -0.1) is 0 Å². The van der Waals surface area contributed by atoms with E-state index in [1.165, 1.54) is 4.68 Å². The van der Waals surface area contributed by atoms with Crippen LogP contribution in [0.1, 0.15) is 10.4 Å². The third-order valence-corrected chi connectivity index (χ3v) is 3.50. The van der Waals surface area contributed by atoms with E-state index in [-0.39, 0.29) is 0 Å². The lowest BCUT2D eigenvalue weighted by Gasteiger charge is -2.02. The van der Waals surface area contributed by atoms with Crippen molar-refractivity contribution >= 4 is 29.5 Å². The van der Waals surface area contributed by atoms with Crippen LogP contribution >= 0.6 is 23.2 Å². The Hall–Kier alpha value is -2.17. The van der Waals surface area contributed by atoms with E-state index in [9.17, 15) is 4.79 Å². The molecule has 0 spiro atoms. The number of halogens is 2. The van der Waals surface area contributed by atoms with Gasteiger partial charge in [-0.3, -0.25) is 4.79 Å². The maximum Gasteiger partial charge on any atom is 0.153 e. The van der Waals surface area contributed by atoms with Crippen molar-refractivity contribution in [1.82, 2.24) is 14.8 Å². The van der Waals surface area contributed by atoms with Gasteiger partial charge in [0, 0.05) is 23.0 Å². The average Bonchev–Trinajstić information content (AvgIpc) is 2.94. The van der Waals surface area contributed by atoms with Crippen molar-refractivity contribution in [1.29, 1.82) is 0 Å². The molecule has 0 fully saturated rings. The molecule has 0 aliphatic rings. The lowest BCUT2D eigenvalue weighted by molar-refractivity contribution is 0.112. The monoisotopic (exact) mass is 317 g/mol. The van der Waals surface area contributed by atoms with Gasteiger partial charge in [-0.25, -0.2) is 9.67 Å². The highest BCUT2D eigenvalue weighted by atomic mass is 35.5. The number of aromatic nitrogens is 3. The minimum absolute atomic E-state index is 0.421. The fourth-order valence-corrected chi connectivity index (χ4v) is 2.35. The third kappa shape index (κ3) is 2.68. The largest absolute Gasteiger partial charge is 0.298 e. The molecule has 0 aliphatic heterocycles. The van der Waals surface area contributed by atoms with Gasteiger partial charge in [0.15, 0.2) is 12.1 Å². The molecule has 0 saturated carbocycles. The topological polar surface area (TPSA) is 47.8 Å². The summed E-state index contributed by atoms with van der Waals surface area (Å²) in [6.45, 7) is 0. The number of carbonyl (C=O) groups is 1. The van der Waals surface area contributed by atoms with E-state index in [1.54, 1.807) is 36.7 Å². The zero-order valence-corrected chi connectivity index (χ0v) is 12.2. The van der Waals surface area contributed by atoms with Crippen LogP contribution in [0.15, 0.2) is 48.8 Å². The molecule has 104 valence electrons. The van der Waals surface area contributed by atoms with Gasteiger partial charge < -0.3 is 0 Å². The summed E-state index contributed by atoms with van der Waals surface area (Å²) in [6, 6.07) is 10.5. The first-order valence-electron chi connectivity index (χ1n) is 6.10. The number of benzene rings is 1. The number of nitrogens with zero attached hydrogens (tertiary/aromatic N) is 3.